The smallest absolute Gasteiger partial charge is 0.309 e. The molecular formula is C12H12O4. The average molecular weight is 220 g/mol. The molecule has 4 atom stereocenters. The lowest BCUT2D eigenvalue weighted by Crippen LogP contribution is -2.28. The maximum absolute atomic E-state index is 11.0. The van der Waals surface area contributed by atoms with Gasteiger partial charge in [-0.15, -0.1) is 0 Å². The third-order valence-electron chi connectivity index (χ3n) is 3.10. The van der Waals surface area contributed by atoms with E-state index in [9.17, 15) is 9.90 Å². The number of aliphatic hydroxyl groups is 1. The second-order valence-corrected chi connectivity index (χ2v) is 4.16. The van der Waals surface area contributed by atoms with Gasteiger partial charge in [0, 0.05) is 0 Å². The number of carbonyl (C=O) groups is 1. The van der Waals surface area contributed by atoms with E-state index >= 15 is 0 Å². The molecule has 0 aliphatic carbocycles. The summed E-state index contributed by atoms with van der Waals surface area (Å²) in [5.74, 6) is -0.291. The predicted molar refractivity (Wildman–Crippen MR) is 54.6 cm³/mol. The van der Waals surface area contributed by atoms with E-state index in [1.165, 1.54) is 0 Å². The number of carbonyl (C=O) groups excluding carboxylic acids is 1. The van der Waals surface area contributed by atoms with Gasteiger partial charge in [-0.3, -0.25) is 4.79 Å². The zero-order valence-corrected chi connectivity index (χ0v) is 8.58. The van der Waals surface area contributed by atoms with Crippen molar-refractivity contribution in [3.63, 3.8) is 0 Å². The largest absolute Gasteiger partial charge is 0.457 e. The molecule has 2 aliphatic rings. The molecular weight excluding hydrogens is 208 g/mol. The summed E-state index contributed by atoms with van der Waals surface area (Å²) < 4.78 is 10.7. The Morgan fingerprint density at radius 2 is 2.00 bits per heavy atom. The summed E-state index contributed by atoms with van der Waals surface area (Å²) in [6, 6.07) is 9.50. The standard InChI is InChI=1S/C12H12O4/c13-9-6-8-12(16-9)10(14)11(15-8)7-4-2-1-3-5-7/h1-5,8,10-12,14H,6H2/t8-,10+,11+,12+/m0/s1. The summed E-state index contributed by atoms with van der Waals surface area (Å²) in [6.07, 6.45) is -1.71. The molecule has 2 fully saturated rings. The van der Waals surface area contributed by atoms with Gasteiger partial charge in [-0.2, -0.15) is 0 Å². The van der Waals surface area contributed by atoms with Crippen molar-refractivity contribution in [3.8, 4) is 0 Å². The third-order valence-corrected chi connectivity index (χ3v) is 3.10. The Morgan fingerprint density at radius 3 is 2.69 bits per heavy atom. The van der Waals surface area contributed by atoms with E-state index < -0.39 is 12.2 Å². The molecule has 2 saturated heterocycles. The quantitative estimate of drug-likeness (QED) is 0.711. The van der Waals surface area contributed by atoms with E-state index in [1.54, 1.807) is 0 Å². The zero-order chi connectivity index (χ0) is 11.1. The number of rotatable bonds is 1. The van der Waals surface area contributed by atoms with Crippen molar-refractivity contribution in [2.75, 3.05) is 0 Å². The molecule has 0 radical (unpaired) electrons. The molecule has 84 valence electrons. The lowest BCUT2D eigenvalue weighted by atomic mass is 10.0. The van der Waals surface area contributed by atoms with E-state index in [-0.39, 0.29) is 24.6 Å². The van der Waals surface area contributed by atoms with Crippen molar-refractivity contribution in [2.24, 2.45) is 0 Å². The van der Waals surface area contributed by atoms with E-state index in [0.29, 0.717) is 0 Å². The van der Waals surface area contributed by atoms with Crippen LogP contribution >= 0.6 is 0 Å². The SMILES string of the molecule is O=C1C[C@@H]2O[C@H](c3ccccc3)[C@@H](O)[C@@H]2O1. The van der Waals surface area contributed by atoms with Crippen LogP contribution in [0, 0.1) is 0 Å². The summed E-state index contributed by atoms with van der Waals surface area (Å²) in [5, 5.41) is 10.0. The highest BCUT2D eigenvalue weighted by Crippen LogP contribution is 2.39. The highest BCUT2D eigenvalue weighted by molar-refractivity contribution is 5.73. The van der Waals surface area contributed by atoms with Crippen molar-refractivity contribution in [2.45, 2.75) is 30.8 Å². The maximum atomic E-state index is 11.0. The van der Waals surface area contributed by atoms with Crippen molar-refractivity contribution < 1.29 is 19.4 Å². The Labute approximate surface area is 92.8 Å². The summed E-state index contributed by atoms with van der Waals surface area (Å²) >= 11 is 0. The molecule has 3 rings (SSSR count). The minimum Gasteiger partial charge on any atom is -0.457 e. The molecule has 0 aromatic heterocycles. The Hall–Kier alpha value is -1.39. The van der Waals surface area contributed by atoms with Crippen LogP contribution in [0.4, 0.5) is 0 Å². The topological polar surface area (TPSA) is 55.8 Å². The first-order valence-corrected chi connectivity index (χ1v) is 5.33. The Balaban J connectivity index is 1.84. The van der Waals surface area contributed by atoms with Crippen LogP contribution in [-0.2, 0) is 14.3 Å². The Bertz CT molecular complexity index is 403. The van der Waals surface area contributed by atoms with Gasteiger partial charge < -0.3 is 14.6 Å². The fourth-order valence-electron chi connectivity index (χ4n) is 2.33. The predicted octanol–water partition coefficient (Wildman–Crippen LogP) is 0.803. The fraction of sp³-hybridized carbons (Fsp3) is 0.417. The minimum atomic E-state index is -0.765. The van der Waals surface area contributed by atoms with Crippen molar-refractivity contribution in [1.82, 2.24) is 0 Å². The van der Waals surface area contributed by atoms with Gasteiger partial charge in [0.15, 0.2) is 6.10 Å². The molecule has 0 unspecified atom stereocenters. The molecule has 4 heteroatoms. The maximum Gasteiger partial charge on any atom is 0.309 e. The van der Waals surface area contributed by atoms with Crippen LogP contribution < -0.4 is 0 Å². The molecule has 0 spiro atoms. The van der Waals surface area contributed by atoms with Gasteiger partial charge in [0.05, 0.1) is 6.42 Å². The summed E-state index contributed by atoms with van der Waals surface area (Å²) in [7, 11) is 0. The van der Waals surface area contributed by atoms with E-state index in [0.717, 1.165) is 5.56 Å². The van der Waals surface area contributed by atoms with E-state index in [2.05, 4.69) is 0 Å². The van der Waals surface area contributed by atoms with Gasteiger partial charge in [-0.1, -0.05) is 30.3 Å². The van der Waals surface area contributed by atoms with E-state index in [4.69, 9.17) is 9.47 Å². The normalized spacial score (nSPS) is 37.2. The van der Waals surface area contributed by atoms with Gasteiger partial charge in [-0.25, -0.2) is 0 Å². The average Bonchev–Trinajstić information content (AvgIpc) is 2.79. The second kappa shape index (κ2) is 3.57. The number of ether oxygens (including phenoxy) is 2. The van der Waals surface area contributed by atoms with Crippen LogP contribution in [0.2, 0.25) is 0 Å². The van der Waals surface area contributed by atoms with Crippen molar-refractivity contribution in [3.05, 3.63) is 35.9 Å². The summed E-state index contributed by atoms with van der Waals surface area (Å²) in [4.78, 5) is 11.0. The number of hydrogen-bond donors (Lipinski definition) is 1. The summed E-state index contributed by atoms with van der Waals surface area (Å²) in [6.45, 7) is 0. The van der Waals surface area contributed by atoms with Gasteiger partial charge in [0.2, 0.25) is 0 Å². The first-order chi connectivity index (χ1) is 7.75. The first-order valence-electron chi connectivity index (χ1n) is 5.33. The molecule has 4 nitrogen and oxygen atoms in total. The molecule has 1 aromatic carbocycles. The van der Waals surface area contributed by atoms with E-state index in [1.807, 2.05) is 30.3 Å². The second-order valence-electron chi connectivity index (χ2n) is 4.16. The van der Waals surface area contributed by atoms with Gasteiger partial charge in [0.25, 0.3) is 0 Å². The number of fused-ring (bicyclic) bond motifs is 1. The minimum absolute atomic E-state index is 0.241. The lowest BCUT2D eigenvalue weighted by Gasteiger charge is -2.16. The lowest BCUT2D eigenvalue weighted by molar-refractivity contribution is -0.145. The molecule has 1 aromatic rings. The van der Waals surface area contributed by atoms with Crippen LogP contribution in [0.25, 0.3) is 0 Å². The number of esters is 1. The zero-order valence-electron chi connectivity index (χ0n) is 8.58. The molecule has 0 bridgehead atoms. The first kappa shape index (κ1) is 9.81. The Kier molecular flexibility index (Phi) is 2.19. The van der Waals surface area contributed by atoms with Gasteiger partial charge in [0.1, 0.15) is 18.3 Å². The molecule has 16 heavy (non-hydrogen) atoms. The fourth-order valence-corrected chi connectivity index (χ4v) is 2.33. The summed E-state index contributed by atoms with van der Waals surface area (Å²) in [5.41, 5.74) is 0.917. The molecule has 0 amide bonds. The third kappa shape index (κ3) is 1.42. The monoisotopic (exact) mass is 220 g/mol. The number of aliphatic hydroxyl groups excluding tert-OH is 1. The van der Waals surface area contributed by atoms with Crippen LogP contribution in [0.3, 0.4) is 0 Å². The van der Waals surface area contributed by atoms with Crippen LogP contribution in [0.15, 0.2) is 30.3 Å². The van der Waals surface area contributed by atoms with Gasteiger partial charge in [-0.05, 0) is 5.56 Å². The highest BCUT2D eigenvalue weighted by atomic mass is 16.6. The van der Waals surface area contributed by atoms with Crippen LogP contribution in [0.1, 0.15) is 18.1 Å². The van der Waals surface area contributed by atoms with Gasteiger partial charge >= 0.3 is 5.97 Å². The molecule has 2 heterocycles. The van der Waals surface area contributed by atoms with Crippen LogP contribution in [-0.4, -0.2) is 29.4 Å². The number of benzene rings is 1. The molecule has 2 aliphatic heterocycles. The Morgan fingerprint density at radius 1 is 1.25 bits per heavy atom. The molecule has 1 N–H and O–H groups in total. The van der Waals surface area contributed by atoms with Crippen molar-refractivity contribution >= 4 is 5.97 Å². The van der Waals surface area contributed by atoms with Crippen molar-refractivity contribution in [1.29, 1.82) is 0 Å². The van der Waals surface area contributed by atoms with Crippen LogP contribution in [0.5, 0.6) is 0 Å². The molecule has 0 saturated carbocycles. The highest BCUT2D eigenvalue weighted by Gasteiger charge is 2.51. The number of hydrogen-bond acceptors (Lipinski definition) is 4.